The molecule has 0 radical (unpaired) electrons. The molecule has 0 aliphatic rings. The van der Waals surface area contributed by atoms with Crippen LogP contribution in [-0.2, 0) is 0 Å². The van der Waals surface area contributed by atoms with Crippen LogP contribution in [-0.4, -0.2) is 5.78 Å². The van der Waals surface area contributed by atoms with Gasteiger partial charge >= 0.3 is 0 Å². The Labute approximate surface area is 109 Å². The van der Waals surface area contributed by atoms with Crippen molar-refractivity contribution >= 4 is 5.78 Å². The lowest BCUT2D eigenvalue weighted by molar-refractivity contribution is 0.0988. The van der Waals surface area contributed by atoms with Crippen LogP contribution in [0.5, 0.6) is 11.5 Å². The minimum absolute atomic E-state index is 0.0171. The van der Waals surface area contributed by atoms with Gasteiger partial charge in [0.05, 0.1) is 0 Å². The van der Waals surface area contributed by atoms with E-state index in [0.29, 0.717) is 17.7 Å². The number of benzene rings is 2. The molecular weight excluding hydrogens is 250 g/mol. The second-order valence-electron chi connectivity index (χ2n) is 3.96. The van der Waals surface area contributed by atoms with E-state index in [2.05, 4.69) is 0 Å². The van der Waals surface area contributed by atoms with Crippen molar-refractivity contribution in [2.24, 2.45) is 0 Å². The van der Waals surface area contributed by atoms with Crippen molar-refractivity contribution in [3.63, 3.8) is 0 Å². The van der Waals surface area contributed by atoms with E-state index in [1.54, 1.807) is 31.2 Å². The highest BCUT2D eigenvalue weighted by Gasteiger charge is 2.10. The largest absolute Gasteiger partial charge is 0.454 e. The van der Waals surface area contributed by atoms with Crippen LogP contribution in [0.1, 0.15) is 23.7 Å². The summed E-state index contributed by atoms with van der Waals surface area (Å²) in [5, 5.41) is 0. The molecular formula is C15H12F2O2. The van der Waals surface area contributed by atoms with Crippen molar-refractivity contribution < 1.29 is 18.3 Å². The summed E-state index contributed by atoms with van der Waals surface area (Å²) in [5.74, 6) is -1.82. The Bertz CT molecular complexity index is 592. The summed E-state index contributed by atoms with van der Waals surface area (Å²) in [7, 11) is 0. The molecule has 19 heavy (non-hydrogen) atoms. The highest BCUT2D eigenvalue weighted by atomic mass is 19.2. The number of halogens is 2. The monoisotopic (exact) mass is 262 g/mol. The molecule has 0 aliphatic carbocycles. The second-order valence-corrected chi connectivity index (χ2v) is 3.96. The predicted octanol–water partition coefficient (Wildman–Crippen LogP) is 4.35. The quantitative estimate of drug-likeness (QED) is 0.766. The van der Waals surface area contributed by atoms with E-state index in [4.69, 9.17) is 4.74 Å². The maximum atomic E-state index is 13.4. The first kappa shape index (κ1) is 13.2. The van der Waals surface area contributed by atoms with Crippen molar-refractivity contribution in [2.75, 3.05) is 0 Å². The van der Waals surface area contributed by atoms with Gasteiger partial charge in [-0.1, -0.05) is 13.0 Å². The number of carbonyl (C=O) groups excluding carboxylic acids is 1. The molecule has 0 bridgehead atoms. The second kappa shape index (κ2) is 5.61. The van der Waals surface area contributed by atoms with E-state index >= 15 is 0 Å². The summed E-state index contributed by atoms with van der Waals surface area (Å²) in [6.45, 7) is 1.77. The average molecular weight is 262 g/mol. The van der Waals surface area contributed by atoms with Gasteiger partial charge in [-0.2, -0.15) is 4.39 Å². The molecule has 2 aromatic carbocycles. The van der Waals surface area contributed by atoms with Crippen LogP contribution in [0.25, 0.3) is 0 Å². The van der Waals surface area contributed by atoms with Gasteiger partial charge in [0.25, 0.3) is 0 Å². The summed E-state index contributed by atoms with van der Waals surface area (Å²) in [6, 6.07) is 10.0. The summed E-state index contributed by atoms with van der Waals surface area (Å²) in [5.41, 5.74) is 0.564. The zero-order chi connectivity index (χ0) is 13.8. The van der Waals surface area contributed by atoms with E-state index in [1.807, 2.05) is 0 Å². The maximum Gasteiger partial charge on any atom is 0.201 e. The minimum Gasteiger partial charge on any atom is -0.454 e. The van der Waals surface area contributed by atoms with E-state index < -0.39 is 11.6 Å². The van der Waals surface area contributed by atoms with Gasteiger partial charge in [0.15, 0.2) is 17.3 Å². The number of ether oxygens (including phenoxy) is 1. The Hall–Kier alpha value is -2.23. The van der Waals surface area contributed by atoms with Gasteiger partial charge in [-0.25, -0.2) is 4.39 Å². The molecule has 0 spiro atoms. The molecule has 2 rings (SSSR count). The molecule has 0 saturated carbocycles. The number of hydrogen-bond donors (Lipinski definition) is 0. The highest BCUT2D eigenvalue weighted by Crippen LogP contribution is 2.26. The van der Waals surface area contributed by atoms with Crippen molar-refractivity contribution in [2.45, 2.75) is 13.3 Å². The average Bonchev–Trinajstić information content (AvgIpc) is 2.44. The van der Waals surface area contributed by atoms with E-state index in [1.165, 1.54) is 12.1 Å². The number of ketones is 1. The Kier molecular flexibility index (Phi) is 3.90. The van der Waals surface area contributed by atoms with Crippen molar-refractivity contribution in [1.29, 1.82) is 0 Å². The van der Waals surface area contributed by atoms with Crippen LogP contribution in [0, 0.1) is 11.6 Å². The fourth-order valence-electron chi connectivity index (χ4n) is 1.60. The van der Waals surface area contributed by atoms with Gasteiger partial charge in [0.2, 0.25) is 5.82 Å². The smallest absolute Gasteiger partial charge is 0.201 e. The molecule has 0 heterocycles. The van der Waals surface area contributed by atoms with Crippen molar-refractivity contribution in [1.82, 2.24) is 0 Å². The Morgan fingerprint density at radius 3 is 2.42 bits per heavy atom. The zero-order valence-corrected chi connectivity index (χ0v) is 10.3. The molecule has 98 valence electrons. The fraction of sp³-hybridized carbons (Fsp3) is 0.133. The van der Waals surface area contributed by atoms with E-state index in [-0.39, 0.29) is 11.5 Å². The third-order valence-electron chi connectivity index (χ3n) is 2.64. The topological polar surface area (TPSA) is 26.3 Å². The van der Waals surface area contributed by atoms with Crippen molar-refractivity contribution in [3.8, 4) is 11.5 Å². The Morgan fingerprint density at radius 1 is 1.11 bits per heavy atom. The lowest BCUT2D eigenvalue weighted by Crippen LogP contribution is -1.96. The first-order valence-electron chi connectivity index (χ1n) is 5.87. The number of Topliss-reactive ketones (excluding diaryl/α,β-unsaturated/α-hetero) is 1. The third-order valence-corrected chi connectivity index (χ3v) is 2.64. The molecule has 0 aromatic heterocycles. The first-order chi connectivity index (χ1) is 9.11. The standard InChI is InChI=1S/C15H12F2O2/c1-2-13(18)10-6-8-11(9-7-10)19-14-5-3-4-12(16)15(14)17/h3-9H,2H2,1H3. The minimum atomic E-state index is -1.03. The molecule has 0 atom stereocenters. The van der Waals surface area contributed by atoms with Crippen LogP contribution in [0.3, 0.4) is 0 Å². The zero-order valence-electron chi connectivity index (χ0n) is 10.3. The number of hydrogen-bond acceptors (Lipinski definition) is 2. The molecule has 0 saturated heterocycles. The molecule has 0 unspecified atom stereocenters. The molecule has 2 aromatic rings. The lowest BCUT2D eigenvalue weighted by Gasteiger charge is -2.07. The van der Waals surface area contributed by atoms with Gasteiger partial charge in [-0.05, 0) is 36.4 Å². The van der Waals surface area contributed by atoms with E-state index in [9.17, 15) is 13.6 Å². The van der Waals surface area contributed by atoms with Gasteiger partial charge in [0.1, 0.15) is 5.75 Å². The maximum absolute atomic E-state index is 13.4. The number of carbonyl (C=O) groups is 1. The summed E-state index contributed by atoms with van der Waals surface area (Å²) in [6.07, 6.45) is 0.415. The molecule has 2 nitrogen and oxygen atoms in total. The summed E-state index contributed by atoms with van der Waals surface area (Å²) >= 11 is 0. The molecule has 0 N–H and O–H groups in total. The SMILES string of the molecule is CCC(=O)c1ccc(Oc2cccc(F)c2F)cc1. The van der Waals surface area contributed by atoms with Gasteiger partial charge in [0, 0.05) is 12.0 Å². The highest BCUT2D eigenvalue weighted by molar-refractivity contribution is 5.95. The normalized spacial score (nSPS) is 10.3. The fourth-order valence-corrected chi connectivity index (χ4v) is 1.60. The molecule has 0 amide bonds. The van der Waals surface area contributed by atoms with Gasteiger partial charge in [-0.3, -0.25) is 4.79 Å². The van der Waals surface area contributed by atoms with Gasteiger partial charge in [-0.15, -0.1) is 0 Å². The molecule has 4 heteroatoms. The molecule has 0 fully saturated rings. The summed E-state index contributed by atoms with van der Waals surface area (Å²) in [4.78, 5) is 11.4. The molecule has 0 aliphatic heterocycles. The van der Waals surface area contributed by atoms with Crippen LogP contribution < -0.4 is 4.74 Å². The summed E-state index contributed by atoms with van der Waals surface area (Å²) < 4.78 is 31.6. The predicted molar refractivity (Wildman–Crippen MR) is 67.5 cm³/mol. The van der Waals surface area contributed by atoms with Crippen LogP contribution >= 0.6 is 0 Å². The van der Waals surface area contributed by atoms with Crippen molar-refractivity contribution in [3.05, 3.63) is 59.7 Å². The Morgan fingerprint density at radius 2 is 1.79 bits per heavy atom. The Balaban J connectivity index is 2.20. The van der Waals surface area contributed by atoms with Crippen LogP contribution in [0.4, 0.5) is 8.78 Å². The van der Waals surface area contributed by atoms with Gasteiger partial charge < -0.3 is 4.74 Å². The van der Waals surface area contributed by atoms with Crippen LogP contribution in [0.15, 0.2) is 42.5 Å². The van der Waals surface area contributed by atoms with E-state index in [0.717, 1.165) is 6.07 Å². The third kappa shape index (κ3) is 2.96. The first-order valence-corrected chi connectivity index (χ1v) is 5.87. The lowest BCUT2D eigenvalue weighted by atomic mass is 10.1. The number of rotatable bonds is 4. The van der Waals surface area contributed by atoms with Crippen LogP contribution in [0.2, 0.25) is 0 Å².